The normalized spacial score (nSPS) is 33.3. The van der Waals surface area contributed by atoms with Crippen LogP contribution in [0.4, 0.5) is 4.79 Å². The molecule has 4 nitrogen and oxygen atoms in total. The standard InChI is InChI=1S/C19H32N2O2/c1-19(2,3)23-18(22)21-8-4-5-15(13-21)11-20-12-17-10-14-6-7-16(17)9-14/h6-7,14-17,20H,4-5,8-13H2,1-3H3. The Kier molecular flexibility index (Phi) is 5.00. The van der Waals surface area contributed by atoms with Crippen LogP contribution in [0.1, 0.15) is 46.5 Å². The molecule has 4 heteroatoms. The van der Waals surface area contributed by atoms with E-state index in [0.29, 0.717) is 5.92 Å². The molecule has 3 aliphatic rings. The smallest absolute Gasteiger partial charge is 0.410 e. The van der Waals surface area contributed by atoms with Crippen molar-refractivity contribution in [2.45, 2.75) is 52.1 Å². The molecule has 0 aromatic heterocycles. The third kappa shape index (κ3) is 4.50. The van der Waals surface area contributed by atoms with Crippen molar-refractivity contribution in [3.8, 4) is 0 Å². The number of rotatable bonds is 4. The summed E-state index contributed by atoms with van der Waals surface area (Å²) in [5, 5.41) is 3.68. The first kappa shape index (κ1) is 16.8. The zero-order chi connectivity index (χ0) is 16.4. The predicted octanol–water partition coefficient (Wildman–Crippen LogP) is 3.44. The number of piperidine rings is 1. The lowest BCUT2D eigenvalue weighted by atomic mass is 9.93. The first-order valence-electron chi connectivity index (χ1n) is 9.27. The number of likely N-dealkylation sites (tertiary alicyclic amines) is 1. The molecule has 23 heavy (non-hydrogen) atoms. The van der Waals surface area contributed by atoms with Crippen molar-refractivity contribution in [2.24, 2.45) is 23.7 Å². The Morgan fingerprint density at radius 3 is 2.74 bits per heavy atom. The SMILES string of the molecule is CC(C)(C)OC(=O)N1CCCC(CNCC2CC3C=CC2C3)C1. The van der Waals surface area contributed by atoms with Crippen molar-refractivity contribution in [3.63, 3.8) is 0 Å². The molecule has 1 heterocycles. The Balaban J connectivity index is 1.38. The van der Waals surface area contributed by atoms with Crippen molar-refractivity contribution in [1.82, 2.24) is 10.2 Å². The van der Waals surface area contributed by atoms with Crippen LogP contribution in [0.5, 0.6) is 0 Å². The summed E-state index contributed by atoms with van der Waals surface area (Å²) in [6.45, 7) is 9.61. The number of amides is 1. The van der Waals surface area contributed by atoms with Crippen molar-refractivity contribution in [2.75, 3.05) is 26.2 Å². The van der Waals surface area contributed by atoms with Gasteiger partial charge in [-0.2, -0.15) is 0 Å². The number of hydrogen-bond acceptors (Lipinski definition) is 3. The van der Waals surface area contributed by atoms with Gasteiger partial charge in [-0.15, -0.1) is 0 Å². The van der Waals surface area contributed by atoms with E-state index in [1.165, 1.54) is 19.3 Å². The van der Waals surface area contributed by atoms with Gasteiger partial charge in [0.2, 0.25) is 0 Å². The quantitative estimate of drug-likeness (QED) is 0.807. The van der Waals surface area contributed by atoms with Gasteiger partial charge in [-0.25, -0.2) is 4.79 Å². The summed E-state index contributed by atoms with van der Waals surface area (Å²) >= 11 is 0. The maximum atomic E-state index is 12.2. The highest BCUT2D eigenvalue weighted by Crippen LogP contribution is 2.42. The van der Waals surface area contributed by atoms with Gasteiger partial charge >= 0.3 is 6.09 Å². The fourth-order valence-electron chi connectivity index (χ4n) is 4.33. The number of carbonyl (C=O) groups is 1. The van der Waals surface area contributed by atoms with Crippen LogP contribution in [0, 0.1) is 23.7 Å². The average molecular weight is 320 g/mol. The van der Waals surface area contributed by atoms with E-state index in [4.69, 9.17) is 4.74 Å². The van der Waals surface area contributed by atoms with Crippen LogP contribution in [0.3, 0.4) is 0 Å². The van der Waals surface area contributed by atoms with E-state index < -0.39 is 5.60 Å². The zero-order valence-electron chi connectivity index (χ0n) is 14.9. The van der Waals surface area contributed by atoms with Crippen molar-refractivity contribution < 1.29 is 9.53 Å². The number of hydrogen-bond donors (Lipinski definition) is 1. The van der Waals surface area contributed by atoms with Gasteiger partial charge in [0.1, 0.15) is 5.60 Å². The minimum absolute atomic E-state index is 0.152. The Bertz CT molecular complexity index is 455. The van der Waals surface area contributed by atoms with Gasteiger partial charge in [-0.05, 0) is 83.2 Å². The summed E-state index contributed by atoms with van der Waals surface area (Å²) in [4.78, 5) is 14.1. The van der Waals surface area contributed by atoms with E-state index in [-0.39, 0.29) is 6.09 Å². The average Bonchev–Trinajstić information content (AvgIpc) is 3.08. The Morgan fingerprint density at radius 1 is 1.26 bits per heavy atom. The number of ether oxygens (including phenoxy) is 1. The molecule has 130 valence electrons. The summed E-state index contributed by atoms with van der Waals surface area (Å²) < 4.78 is 5.50. The molecule has 0 radical (unpaired) electrons. The second-order valence-corrected chi connectivity index (χ2v) is 8.63. The fourth-order valence-corrected chi connectivity index (χ4v) is 4.33. The number of allylic oxidation sites excluding steroid dienone is 2. The van der Waals surface area contributed by atoms with Crippen LogP contribution < -0.4 is 5.32 Å². The monoisotopic (exact) mass is 320 g/mol. The van der Waals surface area contributed by atoms with Crippen LogP contribution in [-0.4, -0.2) is 42.8 Å². The minimum atomic E-state index is -0.405. The molecule has 2 bridgehead atoms. The van der Waals surface area contributed by atoms with E-state index in [0.717, 1.165) is 50.4 Å². The van der Waals surface area contributed by atoms with Crippen molar-refractivity contribution in [3.05, 3.63) is 12.2 Å². The van der Waals surface area contributed by atoms with Crippen LogP contribution in [0.25, 0.3) is 0 Å². The summed E-state index contributed by atoms with van der Waals surface area (Å²) in [6, 6.07) is 0. The minimum Gasteiger partial charge on any atom is -0.444 e. The van der Waals surface area contributed by atoms with Crippen LogP contribution in [0.15, 0.2) is 12.2 Å². The molecule has 1 saturated carbocycles. The molecule has 0 spiro atoms. The van der Waals surface area contributed by atoms with E-state index in [1.54, 1.807) is 0 Å². The molecule has 1 N–H and O–H groups in total. The summed E-state index contributed by atoms with van der Waals surface area (Å²) in [5.41, 5.74) is -0.405. The van der Waals surface area contributed by atoms with Gasteiger partial charge in [0.05, 0.1) is 0 Å². The first-order chi connectivity index (χ1) is 10.9. The number of nitrogens with zero attached hydrogens (tertiary/aromatic N) is 1. The number of carbonyl (C=O) groups excluding carboxylic acids is 1. The zero-order valence-corrected chi connectivity index (χ0v) is 14.9. The third-order valence-electron chi connectivity index (χ3n) is 5.43. The molecule has 4 unspecified atom stereocenters. The van der Waals surface area contributed by atoms with E-state index in [2.05, 4.69) is 17.5 Å². The molecule has 4 atom stereocenters. The first-order valence-corrected chi connectivity index (χ1v) is 9.27. The molecule has 3 rings (SSSR count). The molecule has 1 aliphatic heterocycles. The lowest BCUT2D eigenvalue weighted by Gasteiger charge is -2.34. The molecule has 2 aliphatic carbocycles. The van der Waals surface area contributed by atoms with Crippen LogP contribution in [0.2, 0.25) is 0 Å². The highest BCUT2D eigenvalue weighted by atomic mass is 16.6. The largest absolute Gasteiger partial charge is 0.444 e. The highest BCUT2D eigenvalue weighted by molar-refractivity contribution is 5.68. The van der Waals surface area contributed by atoms with Gasteiger partial charge in [0.25, 0.3) is 0 Å². The lowest BCUT2D eigenvalue weighted by molar-refractivity contribution is 0.0166. The second kappa shape index (κ2) is 6.84. The third-order valence-corrected chi connectivity index (χ3v) is 5.43. The molecular weight excluding hydrogens is 288 g/mol. The fraction of sp³-hybridized carbons (Fsp3) is 0.842. The molecular formula is C19H32N2O2. The topological polar surface area (TPSA) is 41.6 Å². The van der Waals surface area contributed by atoms with E-state index >= 15 is 0 Å². The highest BCUT2D eigenvalue weighted by Gasteiger charge is 2.35. The van der Waals surface area contributed by atoms with Crippen molar-refractivity contribution >= 4 is 6.09 Å². The summed E-state index contributed by atoms with van der Waals surface area (Å²) in [6.07, 6.45) is 9.71. The van der Waals surface area contributed by atoms with Gasteiger partial charge in [-0.1, -0.05) is 12.2 Å². The Morgan fingerprint density at radius 2 is 2.09 bits per heavy atom. The van der Waals surface area contributed by atoms with Crippen LogP contribution >= 0.6 is 0 Å². The Labute approximate surface area is 140 Å². The van der Waals surface area contributed by atoms with E-state index in [1.807, 2.05) is 25.7 Å². The van der Waals surface area contributed by atoms with Crippen molar-refractivity contribution in [1.29, 1.82) is 0 Å². The number of nitrogens with one attached hydrogen (secondary N) is 1. The van der Waals surface area contributed by atoms with Crippen LogP contribution in [-0.2, 0) is 4.74 Å². The molecule has 1 amide bonds. The van der Waals surface area contributed by atoms with Gasteiger partial charge in [0.15, 0.2) is 0 Å². The van der Waals surface area contributed by atoms with Gasteiger partial charge < -0.3 is 15.0 Å². The molecule has 0 aromatic rings. The molecule has 2 fully saturated rings. The summed E-state index contributed by atoms with van der Waals surface area (Å²) in [7, 11) is 0. The maximum Gasteiger partial charge on any atom is 0.410 e. The van der Waals surface area contributed by atoms with E-state index in [9.17, 15) is 4.79 Å². The second-order valence-electron chi connectivity index (χ2n) is 8.63. The molecule has 0 aromatic carbocycles. The maximum absolute atomic E-state index is 12.2. The Hall–Kier alpha value is -1.03. The van der Waals surface area contributed by atoms with Gasteiger partial charge in [0, 0.05) is 13.1 Å². The molecule has 1 saturated heterocycles. The predicted molar refractivity (Wildman–Crippen MR) is 92.2 cm³/mol. The van der Waals surface area contributed by atoms with Gasteiger partial charge in [-0.3, -0.25) is 0 Å². The number of fused-ring (bicyclic) bond motifs is 2. The lowest BCUT2D eigenvalue weighted by Crippen LogP contribution is -2.45. The summed E-state index contributed by atoms with van der Waals surface area (Å²) in [5.74, 6) is 3.06.